The highest BCUT2D eigenvalue weighted by Gasteiger charge is 2.53. The topological polar surface area (TPSA) is 58.9 Å². The van der Waals surface area contributed by atoms with E-state index in [-0.39, 0.29) is 24.4 Å². The Kier molecular flexibility index (Phi) is 5.65. The Morgan fingerprint density at radius 1 is 1.00 bits per heavy atom. The summed E-state index contributed by atoms with van der Waals surface area (Å²) in [6, 6.07) is 20.7. The molecule has 0 unspecified atom stereocenters. The van der Waals surface area contributed by atoms with Crippen molar-refractivity contribution in [2.75, 3.05) is 13.2 Å². The van der Waals surface area contributed by atoms with E-state index in [1.807, 2.05) is 36.4 Å². The van der Waals surface area contributed by atoms with Crippen molar-refractivity contribution in [1.82, 2.24) is 0 Å². The van der Waals surface area contributed by atoms with Crippen LogP contribution in [-0.2, 0) is 9.16 Å². The van der Waals surface area contributed by atoms with E-state index in [1.165, 1.54) is 10.4 Å². The fraction of sp³-hybridized carbons (Fsp3) is 0.429. The van der Waals surface area contributed by atoms with Gasteiger partial charge in [0, 0.05) is 0 Å². The third kappa shape index (κ3) is 3.38. The van der Waals surface area contributed by atoms with E-state index in [4.69, 9.17) is 9.16 Å². The van der Waals surface area contributed by atoms with Gasteiger partial charge in [0.05, 0.1) is 25.2 Å². The van der Waals surface area contributed by atoms with Crippen molar-refractivity contribution >= 4 is 18.7 Å². The standard InChI is InChI=1S/C21H28O4Si/c1-21(2,3)26(16-10-6-4-7-11-16,17-12-8-5-9-13-17)25-19-15-24-20(23)18(19)14-22/h4-13,18-20,22-23H,14-15H2,1-3H3/t18-,19-,20+/m0/s1. The second kappa shape index (κ2) is 7.62. The van der Waals surface area contributed by atoms with Gasteiger partial charge in [0.15, 0.2) is 6.29 Å². The van der Waals surface area contributed by atoms with E-state index >= 15 is 0 Å². The van der Waals surface area contributed by atoms with Gasteiger partial charge in [-0.15, -0.1) is 0 Å². The molecule has 2 N–H and O–H groups in total. The molecule has 4 nitrogen and oxygen atoms in total. The first-order valence-electron chi connectivity index (χ1n) is 9.09. The lowest BCUT2D eigenvalue weighted by atomic mass is 10.1. The molecule has 1 saturated heterocycles. The number of aliphatic hydroxyl groups excluding tert-OH is 2. The molecule has 140 valence electrons. The quantitative estimate of drug-likeness (QED) is 0.787. The first-order valence-corrected chi connectivity index (χ1v) is 11.0. The Hall–Kier alpha value is -1.50. The van der Waals surface area contributed by atoms with Crippen LogP contribution < -0.4 is 10.4 Å². The Morgan fingerprint density at radius 2 is 1.50 bits per heavy atom. The van der Waals surface area contributed by atoms with Gasteiger partial charge in [-0.2, -0.15) is 0 Å². The predicted molar refractivity (Wildman–Crippen MR) is 105 cm³/mol. The molecule has 0 spiro atoms. The molecule has 1 heterocycles. The Balaban J connectivity index is 2.15. The number of ether oxygens (including phenoxy) is 1. The van der Waals surface area contributed by atoms with E-state index in [9.17, 15) is 10.2 Å². The zero-order chi connectivity index (χ0) is 18.8. The number of benzene rings is 2. The first kappa shape index (κ1) is 19.3. The molecule has 0 radical (unpaired) electrons. The van der Waals surface area contributed by atoms with Gasteiger partial charge in [-0.25, -0.2) is 0 Å². The Labute approximate surface area is 156 Å². The van der Waals surface area contributed by atoms with Gasteiger partial charge in [-0.3, -0.25) is 0 Å². The maximum atomic E-state index is 10.1. The fourth-order valence-corrected chi connectivity index (χ4v) is 8.58. The lowest BCUT2D eigenvalue weighted by molar-refractivity contribution is -0.0912. The molecule has 0 aliphatic carbocycles. The molecular formula is C21H28O4Si. The summed E-state index contributed by atoms with van der Waals surface area (Å²) in [7, 11) is -2.70. The average Bonchev–Trinajstić information content (AvgIpc) is 2.99. The third-order valence-corrected chi connectivity index (χ3v) is 10.3. The lowest BCUT2D eigenvalue weighted by Crippen LogP contribution is -2.68. The lowest BCUT2D eigenvalue weighted by Gasteiger charge is -2.45. The van der Waals surface area contributed by atoms with E-state index in [0.29, 0.717) is 0 Å². The molecule has 1 fully saturated rings. The monoisotopic (exact) mass is 372 g/mol. The van der Waals surface area contributed by atoms with E-state index in [0.717, 1.165) is 0 Å². The zero-order valence-electron chi connectivity index (χ0n) is 15.6. The largest absolute Gasteiger partial charge is 0.402 e. The smallest absolute Gasteiger partial charge is 0.261 e. The second-order valence-corrected chi connectivity index (χ2v) is 12.1. The highest BCUT2D eigenvalue weighted by molar-refractivity contribution is 6.99. The summed E-state index contributed by atoms with van der Waals surface area (Å²) in [5.74, 6) is -0.434. The minimum Gasteiger partial charge on any atom is -0.402 e. The highest BCUT2D eigenvalue weighted by Crippen LogP contribution is 2.39. The van der Waals surface area contributed by atoms with Crippen LogP contribution in [0.4, 0.5) is 0 Å². The summed E-state index contributed by atoms with van der Waals surface area (Å²) in [5, 5.41) is 22.0. The van der Waals surface area contributed by atoms with Crippen LogP contribution in [-0.4, -0.2) is 44.1 Å². The van der Waals surface area contributed by atoms with Gasteiger partial charge in [0.25, 0.3) is 8.32 Å². The number of hydrogen-bond donors (Lipinski definition) is 2. The van der Waals surface area contributed by atoms with Gasteiger partial charge in [0.2, 0.25) is 0 Å². The third-order valence-electron chi connectivity index (χ3n) is 5.23. The Morgan fingerprint density at radius 3 is 1.92 bits per heavy atom. The Bertz CT molecular complexity index is 659. The highest BCUT2D eigenvalue weighted by atomic mass is 28.4. The molecule has 0 aromatic heterocycles. The number of aliphatic hydroxyl groups is 2. The van der Waals surface area contributed by atoms with Crippen LogP contribution in [0.3, 0.4) is 0 Å². The summed E-state index contributed by atoms with van der Waals surface area (Å²) in [5.41, 5.74) is 0. The van der Waals surface area contributed by atoms with Crippen LogP contribution in [0.1, 0.15) is 20.8 Å². The maximum absolute atomic E-state index is 10.1. The minimum atomic E-state index is -2.70. The molecule has 0 saturated carbocycles. The van der Waals surface area contributed by atoms with E-state index < -0.39 is 20.5 Å². The molecule has 1 aliphatic rings. The van der Waals surface area contributed by atoms with Crippen molar-refractivity contribution in [1.29, 1.82) is 0 Å². The molecule has 5 heteroatoms. The maximum Gasteiger partial charge on any atom is 0.261 e. The van der Waals surface area contributed by atoms with Gasteiger partial charge in [0.1, 0.15) is 0 Å². The fourth-order valence-electron chi connectivity index (χ4n) is 3.87. The SMILES string of the molecule is CC(C)(C)[Si](O[C@H]1CO[C@@H](O)[C@H]1CO)(c1ccccc1)c1ccccc1. The summed E-state index contributed by atoms with van der Waals surface area (Å²) in [4.78, 5) is 0. The van der Waals surface area contributed by atoms with Crippen molar-refractivity contribution in [3.63, 3.8) is 0 Å². The molecule has 1 aliphatic heterocycles. The summed E-state index contributed by atoms with van der Waals surface area (Å²) in [6.07, 6.45) is -1.33. The molecule has 2 aromatic rings. The predicted octanol–water partition coefficient (Wildman–Crippen LogP) is 1.89. The normalized spacial score (nSPS) is 24.0. The molecule has 26 heavy (non-hydrogen) atoms. The molecule has 3 rings (SSSR count). The van der Waals surface area contributed by atoms with Crippen LogP contribution in [0.2, 0.25) is 5.04 Å². The molecule has 0 amide bonds. The molecular weight excluding hydrogens is 344 g/mol. The zero-order valence-corrected chi connectivity index (χ0v) is 16.6. The van der Waals surface area contributed by atoms with Gasteiger partial charge < -0.3 is 19.4 Å². The van der Waals surface area contributed by atoms with Crippen molar-refractivity contribution in [2.45, 2.75) is 38.2 Å². The number of hydrogen-bond acceptors (Lipinski definition) is 4. The van der Waals surface area contributed by atoms with Crippen LogP contribution >= 0.6 is 0 Å². The van der Waals surface area contributed by atoms with Crippen molar-refractivity contribution < 1.29 is 19.4 Å². The molecule has 3 atom stereocenters. The summed E-state index contributed by atoms with van der Waals surface area (Å²) >= 11 is 0. The minimum absolute atomic E-state index is 0.150. The van der Waals surface area contributed by atoms with Crippen LogP contribution in [0.25, 0.3) is 0 Å². The van der Waals surface area contributed by atoms with Crippen molar-refractivity contribution in [3.8, 4) is 0 Å². The number of rotatable bonds is 5. The second-order valence-electron chi connectivity index (χ2n) is 7.89. The van der Waals surface area contributed by atoms with E-state index in [1.54, 1.807) is 0 Å². The van der Waals surface area contributed by atoms with Gasteiger partial charge in [-0.05, 0) is 15.4 Å². The van der Waals surface area contributed by atoms with Crippen molar-refractivity contribution in [3.05, 3.63) is 60.7 Å². The molecule has 2 aromatic carbocycles. The first-order chi connectivity index (χ1) is 12.4. The van der Waals surface area contributed by atoms with Gasteiger partial charge in [-0.1, -0.05) is 81.4 Å². The van der Waals surface area contributed by atoms with Crippen LogP contribution in [0, 0.1) is 5.92 Å². The van der Waals surface area contributed by atoms with Crippen LogP contribution in [0.15, 0.2) is 60.7 Å². The average molecular weight is 373 g/mol. The molecule has 0 bridgehead atoms. The summed E-state index contributed by atoms with van der Waals surface area (Å²) < 4.78 is 12.3. The summed E-state index contributed by atoms with van der Waals surface area (Å²) in [6.45, 7) is 6.75. The van der Waals surface area contributed by atoms with Crippen molar-refractivity contribution in [2.24, 2.45) is 5.92 Å². The van der Waals surface area contributed by atoms with Crippen LogP contribution in [0.5, 0.6) is 0 Å². The van der Waals surface area contributed by atoms with E-state index in [2.05, 4.69) is 45.0 Å². The van der Waals surface area contributed by atoms with Gasteiger partial charge >= 0.3 is 0 Å².